The van der Waals surface area contributed by atoms with Gasteiger partial charge in [-0.1, -0.05) is 91.0 Å². The molecule has 10 rings (SSSR count). The number of imidazole rings is 1. The average Bonchev–Trinajstić information content (AvgIpc) is 4.28. The lowest BCUT2D eigenvalue weighted by Gasteiger charge is -2.37. The quantitative estimate of drug-likeness (QED) is 0.0536. The number of hydrogen-bond acceptors (Lipinski definition) is 16. The van der Waals surface area contributed by atoms with E-state index < -0.39 is 62.1 Å². The van der Waals surface area contributed by atoms with Crippen molar-refractivity contribution in [1.29, 1.82) is 0 Å². The van der Waals surface area contributed by atoms with E-state index in [0.29, 0.717) is 45.8 Å². The first kappa shape index (κ1) is 52.5. The van der Waals surface area contributed by atoms with E-state index in [1.165, 1.54) is 24.3 Å². The first-order chi connectivity index (χ1) is 37.5. The Balaban J connectivity index is 0.914. The van der Waals surface area contributed by atoms with Crippen LogP contribution in [-0.4, -0.2) is 93.7 Å². The molecule has 2 fully saturated rings. The van der Waals surface area contributed by atoms with Crippen molar-refractivity contribution in [1.82, 2.24) is 29.1 Å². The number of fused-ring (bicyclic) bond motifs is 1. The predicted octanol–water partition coefficient (Wildman–Crippen LogP) is 8.86. The Morgan fingerprint density at radius 2 is 1.30 bits per heavy atom. The Bertz CT molecular complexity index is 3400. The summed E-state index contributed by atoms with van der Waals surface area (Å²) in [5, 5.41) is 5.55. The minimum Gasteiger partial charge on any atom is -0.497 e. The predicted molar refractivity (Wildman–Crippen MR) is 282 cm³/mol. The summed E-state index contributed by atoms with van der Waals surface area (Å²) in [6.45, 7) is 1.53. The second-order valence-electron chi connectivity index (χ2n) is 18.0. The molecule has 2 saturated heterocycles. The first-order valence-electron chi connectivity index (χ1n) is 24.5. The standard InChI is InChI=1S/C56H54N8O12P/c1-36-31-63(55(67)62-50(36)60-53(65)37-14-8-5-9-15-37)47-30-44(45(74-47)32-73-56(39-18-12-7-13-19-39,40-20-24-42(69-2)25-21-40)41-22-26-43(70-3)27-23-41)76-77(68,71-4)35-72-48-29-28-46(75-48)64-34-59-49-51(57-33-58-52(49)64)61-54(66)38-16-10-6-11-17-38/h5-27,29,31,33-34,44-48H,28,30,32,35H2,1-4H3,(H,57,58,61,66)(H,60,62,65,67)/t44-,45-,46-,47-,48+,77?/m1/s1. The Labute approximate surface area is 442 Å². The van der Waals surface area contributed by atoms with Crippen LogP contribution in [0.1, 0.15) is 68.3 Å². The maximum absolute atomic E-state index is 14.8. The van der Waals surface area contributed by atoms with Gasteiger partial charge in [0.15, 0.2) is 29.6 Å². The zero-order valence-corrected chi connectivity index (χ0v) is 43.2. The van der Waals surface area contributed by atoms with Crippen LogP contribution in [0.3, 0.4) is 0 Å². The third kappa shape index (κ3) is 11.3. The normalized spacial score (nSPS) is 19.1. The zero-order valence-electron chi connectivity index (χ0n) is 42.3. The number of hydrogen-bond donors (Lipinski definition) is 2. The van der Waals surface area contributed by atoms with Gasteiger partial charge < -0.3 is 48.1 Å². The molecule has 1 unspecified atom stereocenters. The molecule has 395 valence electrons. The highest BCUT2D eigenvalue weighted by atomic mass is 31.2. The number of anilines is 2. The number of carbonyl (C=O) groups is 2. The summed E-state index contributed by atoms with van der Waals surface area (Å²) >= 11 is 0. The summed E-state index contributed by atoms with van der Waals surface area (Å²) < 4.78 is 67.4. The van der Waals surface area contributed by atoms with Gasteiger partial charge in [0.1, 0.15) is 53.9 Å². The first-order valence-corrected chi connectivity index (χ1v) is 26.3. The van der Waals surface area contributed by atoms with E-state index >= 15 is 0 Å². The van der Waals surface area contributed by atoms with Crippen molar-refractivity contribution in [3.63, 3.8) is 0 Å². The maximum atomic E-state index is 14.8. The molecule has 2 aliphatic rings. The van der Waals surface area contributed by atoms with Crippen molar-refractivity contribution in [2.45, 2.75) is 56.3 Å². The summed E-state index contributed by atoms with van der Waals surface area (Å²) in [7, 11) is 0.270. The van der Waals surface area contributed by atoms with E-state index in [9.17, 15) is 18.9 Å². The molecule has 20 nitrogen and oxygen atoms in total. The van der Waals surface area contributed by atoms with Crippen LogP contribution in [0.15, 0.2) is 163 Å². The number of methoxy groups -OCH3 is 2. The fourth-order valence-electron chi connectivity index (χ4n) is 9.28. The smallest absolute Gasteiger partial charge is 0.356 e. The summed E-state index contributed by atoms with van der Waals surface area (Å²) in [5.41, 5.74) is 2.35. The van der Waals surface area contributed by atoms with Crippen molar-refractivity contribution in [2.24, 2.45) is 0 Å². The summed E-state index contributed by atoms with van der Waals surface area (Å²) in [6, 6.07) is 42.1. The summed E-state index contributed by atoms with van der Waals surface area (Å²) in [4.78, 5) is 57.5. The number of nitrogens with one attached hydrogen (secondary N) is 2. The van der Waals surface area contributed by atoms with Crippen LogP contribution < -0.4 is 25.8 Å². The topological polar surface area (TPSA) is 228 Å². The number of benzene rings is 5. The van der Waals surface area contributed by atoms with E-state index in [1.807, 2.05) is 84.9 Å². The van der Waals surface area contributed by atoms with E-state index in [-0.39, 0.29) is 30.6 Å². The van der Waals surface area contributed by atoms with E-state index in [4.69, 9.17) is 37.5 Å². The molecule has 2 N–H and O–H groups in total. The lowest BCUT2D eigenvalue weighted by atomic mass is 9.80. The third-order valence-electron chi connectivity index (χ3n) is 13.3. The molecule has 6 atom stereocenters. The molecule has 21 heteroatoms. The van der Waals surface area contributed by atoms with Crippen molar-refractivity contribution in [3.05, 3.63) is 209 Å². The second kappa shape index (κ2) is 23.1. The highest BCUT2D eigenvalue weighted by Crippen LogP contribution is 2.53. The van der Waals surface area contributed by atoms with Crippen LogP contribution in [0.4, 0.5) is 11.6 Å². The van der Waals surface area contributed by atoms with Crippen molar-refractivity contribution in [3.8, 4) is 11.5 Å². The minimum absolute atomic E-state index is 0.0149. The van der Waals surface area contributed by atoms with Crippen molar-refractivity contribution in [2.75, 3.05) is 44.9 Å². The maximum Gasteiger partial charge on any atom is 0.356 e. The monoisotopic (exact) mass is 1060 g/mol. The average molecular weight is 1060 g/mol. The van der Waals surface area contributed by atoms with Crippen LogP contribution in [0, 0.1) is 13.3 Å². The number of carbonyl (C=O) groups excluding carboxylic acids is 2. The molecule has 0 aliphatic carbocycles. The fraction of sp³-hybridized carbons (Fsp3) is 0.250. The minimum atomic E-state index is -4.17. The van der Waals surface area contributed by atoms with Gasteiger partial charge in [-0.15, -0.1) is 0 Å². The molecule has 5 heterocycles. The highest BCUT2D eigenvalue weighted by Gasteiger charge is 2.46. The van der Waals surface area contributed by atoms with E-state index in [0.717, 1.165) is 16.7 Å². The molecule has 1 radical (unpaired) electrons. The van der Waals surface area contributed by atoms with Gasteiger partial charge in [0.05, 0.1) is 27.2 Å². The molecule has 3 aromatic heterocycles. The van der Waals surface area contributed by atoms with Gasteiger partial charge in [-0.3, -0.25) is 23.3 Å². The number of aromatic nitrogens is 6. The molecule has 8 aromatic rings. The Kier molecular flexibility index (Phi) is 15.8. The van der Waals surface area contributed by atoms with Gasteiger partial charge in [0.25, 0.3) is 11.8 Å². The Morgan fingerprint density at radius 3 is 1.90 bits per heavy atom. The molecule has 0 saturated carbocycles. The largest absolute Gasteiger partial charge is 0.497 e. The number of rotatable bonds is 20. The van der Waals surface area contributed by atoms with Gasteiger partial charge in [-0.25, -0.2) is 19.7 Å². The highest BCUT2D eigenvalue weighted by molar-refractivity contribution is 7.53. The molecule has 2 amide bonds. The molecule has 2 aliphatic heterocycles. The number of nitrogens with zero attached hydrogens (tertiary/aromatic N) is 6. The molecular weight excluding hydrogens is 1010 g/mol. The van der Waals surface area contributed by atoms with Crippen LogP contribution in [0.25, 0.3) is 11.2 Å². The van der Waals surface area contributed by atoms with Crippen molar-refractivity contribution >= 4 is 42.2 Å². The molecule has 77 heavy (non-hydrogen) atoms. The van der Waals surface area contributed by atoms with Crippen LogP contribution in [0.2, 0.25) is 0 Å². The van der Waals surface area contributed by atoms with E-state index in [2.05, 4.69) is 30.6 Å². The Hall–Kier alpha value is -7.94. The van der Waals surface area contributed by atoms with Gasteiger partial charge in [-0.05, 0) is 72.1 Å². The molecule has 5 aromatic carbocycles. The van der Waals surface area contributed by atoms with Crippen LogP contribution >= 0.6 is 7.60 Å². The zero-order chi connectivity index (χ0) is 53.5. The van der Waals surface area contributed by atoms with Gasteiger partial charge >= 0.3 is 13.3 Å². The van der Waals surface area contributed by atoms with Crippen molar-refractivity contribution < 1.29 is 51.6 Å². The van der Waals surface area contributed by atoms with Gasteiger partial charge in [0, 0.05) is 49.3 Å². The number of ether oxygens (including phenoxy) is 6. The summed E-state index contributed by atoms with van der Waals surface area (Å²) in [6.07, 6.45) is 1.31. The van der Waals surface area contributed by atoms with Gasteiger partial charge in [0.2, 0.25) is 0 Å². The fourth-order valence-corrected chi connectivity index (χ4v) is 10.5. The second-order valence-corrected chi connectivity index (χ2v) is 20.0. The third-order valence-corrected chi connectivity index (χ3v) is 14.9. The molecule has 0 bridgehead atoms. The Morgan fingerprint density at radius 1 is 0.714 bits per heavy atom. The van der Waals surface area contributed by atoms with Crippen LogP contribution in [0.5, 0.6) is 11.5 Å². The van der Waals surface area contributed by atoms with Crippen LogP contribution in [-0.2, 0) is 38.2 Å². The molecule has 0 spiro atoms. The molecular formula is C56H54N8O12P. The van der Waals surface area contributed by atoms with E-state index in [1.54, 1.807) is 92.9 Å². The van der Waals surface area contributed by atoms with Gasteiger partial charge in [-0.2, -0.15) is 4.98 Å². The SMILES string of the molecule is COc1ccc(C(OC[C@H]2O[C@@H](n3cc(C)c(NC(=O)c4ccccc4)nc3=O)C[C@H]2OP(=O)(CO[C@@H]2[CH]C[C@H](n3cnc4c(NC(=O)c5ccccc5)ncnc43)O2)OC)(c2ccccc2)c2ccc(OC)cc2)cc1. The summed E-state index contributed by atoms with van der Waals surface area (Å²) in [5.74, 6) is 0.795. The number of amides is 2. The lowest BCUT2D eigenvalue weighted by Crippen LogP contribution is -2.38. The lowest BCUT2D eigenvalue weighted by molar-refractivity contribution is -0.131. The number of aryl methyl sites for hydroxylation is 1.